The second-order valence-corrected chi connectivity index (χ2v) is 9.17. The van der Waals surface area contributed by atoms with E-state index in [1.807, 2.05) is 34.1 Å². The van der Waals surface area contributed by atoms with Gasteiger partial charge in [-0.2, -0.15) is 0 Å². The van der Waals surface area contributed by atoms with E-state index in [0.717, 1.165) is 31.6 Å². The largest absolute Gasteiger partial charge is 0.338 e. The third-order valence-corrected chi connectivity index (χ3v) is 6.94. The molecule has 5 rings (SSSR count). The maximum atomic E-state index is 13.2. The lowest BCUT2D eigenvalue weighted by Gasteiger charge is -2.39. The summed E-state index contributed by atoms with van der Waals surface area (Å²) in [4.78, 5) is 31.4. The summed E-state index contributed by atoms with van der Waals surface area (Å²) in [6, 6.07) is 29.2. The van der Waals surface area contributed by atoms with E-state index in [1.165, 1.54) is 11.1 Å². The second-order valence-electron chi connectivity index (χ2n) is 9.17. The molecule has 2 aliphatic rings. The number of nitrogens with zero attached hydrogens (tertiary/aromatic N) is 3. The summed E-state index contributed by atoms with van der Waals surface area (Å²) in [7, 11) is 0. The number of rotatable bonds is 6. The number of amides is 2. The van der Waals surface area contributed by atoms with E-state index in [4.69, 9.17) is 0 Å². The van der Waals surface area contributed by atoms with Crippen LogP contribution in [0.5, 0.6) is 0 Å². The van der Waals surface area contributed by atoms with Gasteiger partial charge in [0.1, 0.15) is 0 Å². The maximum absolute atomic E-state index is 13.2. The minimum atomic E-state index is 0.0828. The number of likely N-dealkylation sites (tertiary alicyclic amines) is 1. The SMILES string of the molecule is O=C1CCCN1Cc1ccc(C(=O)N2CCN(C(c3ccccc3)c3ccccc3)CC2)cc1. The standard InChI is InChI=1S/C29H31N3O2/c33-27-12-7-17-32(27)22-23-13-15-26(16-14-23)29(34)31-20-18-30(19-21-31)28(24-8-3-1-4-9-24)25-10-5-2-6-11-25/h1-6,8-11,13-16,28H,7,12,17-22H2. The minimum Gasteiger partial charge on any atom is -0.338 e. The van der Waals surface area contributed by atoms with Gasteiger partial charge in [-0.15, -0.1) is 0 Å². The van der Waals surface area contributed by atoms with Crippen molar-refractivity contribution in [2.24, 2.45) is 0 Å². The summed E-state index contributed by atoms with van der Waals surface area (Å²) < 4.78 is 0. The highest BCUT2D eigenvalue weighted by molar-refractivity contribution is 5.94. The predicted octanol–water partition coefficient (Wildman–Crippen LogP) is 4.36. The molecule has 3 aromatic rings. The van der Waals surface area contributed by atoms with Crippen molar-refractivity contribution in [1.82, 2.24) is 14.7 Å². The van der Waals surface area contributed by atoms with Crippen LogP contribution in [0.2, 0.25) is 0 Å². The van der Waals surface area contributed by atoms with Crippen LogP contribution < -0.4 is 0 Å². The topological polar surface area (TPSA) is 43.9 Å². The monoisotopic (exact) mass is 453 g/mol. The van der Waals surface area contributed by atoms with Crippen LogP contribution in [0.3, 0.4) is 0 Å². The fourth-order valence-electron chi connectivity index (χ4n) is 5.09. The molecule has 34 heavy (non-hydrogen) atoms. The summed E-state index contributed by atoms with van der Waals surface area (Å²) in [5, 5.41) is 0. The number of carbonyl (C=O) groups excluding carboxylic acids is 2. The average molecular weight is 454 g/mol. The summed E-state index contributed by atoms with van der Waals surface area (Å²) in [5.41, 5.74) is 4.35. The minimum absolute atomic E-state index is 0.0828. The van der Waals surface area contributed by atoms with Gasteiger partial charge in [-0.05, 0) is 35.2 Å². The molecule has 0 aliphatic carbocycles. The van der Waals surface area contributed by atoms with E-state index >= 15 is 0 Å². The van der Waals surface area contributed by atoms with Crippen LogP contribution >= 0.6 is 0 Å². The maximum Gasteiger partial charge on any atom is 0.253 e. The van der Waals surface area contributed by atoms with Gasteiger partial charge in [-0.25, -0.2) is 0 Å². The van der Waals surface area contributed by atoms with Crippen LogP contribution in [-0.4, -0.2) is 59.2 Å². The quantitative estimate of drug-likeness (QED) is 0.557. The van der Waals surface area contributed by atoms with Crippen LogP contribution in [0.1, 0.15) is 45.9 Å². The Labute approximate surface area is 201 Å². The van der Waals surface area contributed by atoms with Crippen molar-refractivity contribution >= 4 is 11.8 Å². The lowest BCUT2D eigenvalue weighted by molar-refractivity contribution is -0.128. The molecule has 0 N–H and O–H groups in total. The highest BCUT2D eigenvalue weighted by Crippen LogP contribution is 2.29. The Hall–Kier alpha value is -3.44. The highest BCUT2D eigenvalue weighted by Gasteiger charge is 2.28. The molecule has 3 aromatic carbocycles. The molecule has 5 nitrogen and oxygen atoms in total. The molecule has 5 heteroatoms. The van der Waals surface area contributed by atoms with Gasteiger partial charge in [0, 0.05) is 51.3 Å². The number of hydrogen-bond donors (Lipinski definition) is 0. The lowest BCUT2D eigenvalue weighted by Crippen LogP contribution is -2.49. The molecule has 0 aromatic heterocycles. The van der Waals surface area contributed by atoms with E-state index in [2.05, 4.69) is 65.6 Å². The Morgan fingerprint density at radius 2 is 1.32 bits per heavy atom. The first-order valence-electron chi connectivity index (χ1n) is 12.2. The first kappa shape index (κ1) is 22.4. The van der Waals surface area contributed by atoms with Crippen molar-refractivity contribution in [3.8, 4) is 0 Å². The molecule has 2 aliphatic heterocycles. The Bertz CT molecular complexity index is 1070. The molecule has 2 fully saturated rings. The Morgan fingerprint density at radius 1 is 0.735 bits per heavy atom. The van der Waals surface area contributed by atoms with Gasteiger partial charge in [0.25, 0.3) is 5.91 Å². The van der Waals surface area contributed by atoms with Crippen LogP contribution in [0.25, 0.3) is 0 Å². The third-order valence-electron chi connectivity index (χ3n) is 6.94. The van der Waals surface area contributed by atoms with E-state index < -0.39 is 0 Å². The summed E-state index contributed by atoms with van der Waals surface area (Å²) in [6.45, 7) is 4.53. The molecule has 2 saturated heterocycles. The van der Waals surface area contributed by atoms with Gasteiger partial charge in [-0.1, -0.05) is 72.8 Å². The first-order valence-corrected chi connectivity index (χ1v) is 12.2. The van der Waals surface area contributed by atoms with Crippen molar-refractivity contribution < 1.29 is 9.59 Å². The molecule has 0 bridgehead atoms. The molecule has 0 radical (unpaired) electrons. The van der Waals surface area contributed by atoms with E-state index in [0.29, 0.717) is 31.6 Å². The molecule has 0 unspecified atom stereocenters. The van der Waals surface area contributed by atoms with Crippen molar-refractivity contribution in [2.45, 2.75) is 25.4 Å². The molecule has 0 spiro atoms. The fourth-order valence-corrected chi connectivity index (χ4v) is 5.09. The number of benzene rings is 3. The van der Waals surface area contributed by atoms with Gasteiger partial charge in [-0.3, -0.25) is 14.5 Å². The molecule has 0 atom stereocenters. The van der Waals surface area contributed by atoms with Gasteiger partial charge in [0.2, 0.25) is 5.91 Å². The van der Waals surface area contributed by atoms with Crippen molar-refractivity contribution in [2.75, 3.05) is 32.7 Å². The number of carbonyl (C=O) groups is 2. The van der Waals surface area contributed by atoms with Gasteiger partial charge < -0.3 is 9.80 Å². The van der Waals surface area contributed by atoms with Crippen LogP contribution in [-0.2, 0) is 11.3 Å². The third kappa shape index (κ3) is 4.90. The lowest BCUT2D eigenvalue weighted by atomic mass is 9.96. The summed E-state index contributed by atoms with van der Waals surface area (Å²) >= 11 is 0. The van der Waals surface area contributed by atoms with Crippen LogP contribution in [0, 0.1) is 0 Å². The second kappa shape index (κ2) is 10.2. The van der Waals surface area contributed by atoms with Crippen molar-refractivity contribution in [1.29, 1.82) is 0 Å². The number of piperazine rings is 1. The van der Waals surface area contributed by atoms with Crippen molar-refractivity contribution in [3.05, 3.63) is 107 Å². The normalized spacial score (nSPS) is 16.9. The van der Waals surface area contributed by atoms with E-state index in [9.17, 15) is 9.59 Å². The molecule has 174 valence electrons. The van der Waals surface area contributed by atoms with Gasteiger partial charge in [0.05, 0.1) is 6.04 Å². The number of hydrogen-bond acceptors (Lipinski definition) is 3. The van der Waals surface area contributed by atoms with Gasteiger partial charge in [0.15, 0.2) is 0 Å². The molecular weight excluding hydrogens is 422 g/mol. The zero-order valence-corrected chi connectivity index (χ0v) is 19.5. The van der Waals surface area contributed by atoms with E-state index in [-0.39, 0.29) is 17.9 Å². The molecule has 2 heterocycles. The molecule has 2 amide bonds. The Balaban J connectivity index is 1.23. The summed E-state index contributed by atoms with van der Waals surface area (Å²) in [5.74, 6) is 0.307. The fraction of sp³-hybridized carbons (Fsp3) is 0.310. The van der Waals surface area contributed by atoms with Crippen LogP contribution in [0.4, 0.5) is 0 Å². The van der Waals surface area contributed by atoms with Crippen LogP contribution in [0.15, 0.2) is 84.9 Å². The van der Waals surface area contributed by atoms with E-state index in [1.54, 1.807) is 0 Å². The molecular formula is C29H31N3O2. The summed E-state index contributed by atoms with van der Waals surface area (Å²) in [6.07, 6.45) is 1.59. The zero-order chi connectivity index (χ0) is 23.3. The first-order chi connectivity index (χ1) is 16.7. The highest BCUT2D eigenvalue weighted by atomic mass is 16.2. The molecule has 0 saturated carbocycles. The zero-order valence-electron chi connectivity index (χ0n) is 19.5. The smallest absolute Gasteiger partial charge is 0.253 e. The van der Waals surface area contributed by atoms with Gasteiger partial charge >= 0.3 is 0 Å². The Kier molecular flexibility index (Phi) is 6.72. The average Bonchev–Trinajstić information content (AvgIpc) is 3.30. The predicted molar refractivity (Wildman–Crippen MR) is 133 cm³/mol. The Morgan fingerprint density at radius 3 is 1.85 bits per heavy atom. The van der Waals surface area contributed by atoms with Crippen molar-refractivity contribution in [3.63, 3.8) is 0 Å².